The number of unbranched alkanes of at least 4 members (excludes halogenated alkanes) is 1. The number of aryl methyl sites for hydroxylation is 4. The summed E-state index contributed by atoms with van der Waals surface area (Å²) in [7, 11) is 0. The van der Waals surface area contributed by atoms with Crippen molar-refractivity contribution in [1.29, 1.82) is 0 Å². The molecule has 0 atom stereocenters. The maximum absolute atomic E-state index is 4.84. The number of benzene rings is 2. The number of rotatable bonds is 8. The van der Waals surface area contributed by atoms with Gasteiger partial charge in [0.2, 0.25) is 0 Å². The Kier molecular flexibility index (Phi) is 12.2. The summed E-state index contributed by atoms with van der Waals surface area (Å²) in [5, 5.41) is 0. The Balaban J connectivity index is 0.00000450. The van der Waals surface area contributed by atoms with E-state index in [-0.39, 0.29) is 20.4 Å². The summed E-state index contributed by atoms with van der Waals surface area (Å²) in [6.07, 6.45) is 7.76. The zero-order valence-corrected chi connectivity index (χ0v) is 20.5. The first-order chi connectivity index (χ1) is 14.1. The summed E-state index contributed by atoms with van der Waals surface area (Å²) in [6.45, 7) is 10.9. The Morgan fingerprint density at radius 3 is 1.63 bits per heavy atom. The Morgan fingerprint density at radius 2 is 1.20 bits per heavy atom. The smallest absolute Gasteiger partial charge is 0.132 e. The molecule has 2 aromatic carbocycles. The van der Waals surface area contributed by atoms with Crippen LogP contribution in [0, 0.1) is 11.8 Å². The van der Waals surface area contributed by atoms with Crippen LogP contribution in [0.3, 0.4) is 0 Å². The van der Waals surface area contributed by atoms with Crippen LogP contribution in [-0.2, 0) is 46.1 Å². The number of hydrogen-bond acceptors (Lipinski definition) is 2. The minimum Gasteiger partial charge on any atom is -0.254 e. The van der Waals surface area contributed by atoms with Crippen LogP contribution in [0.15, 0.2) is 46.4 Å². The molecular formula is C27H34N2Pd. The first-order valence-corrected chi connectivity index (χ1v) is 11.0. The van der Waals surface area contributed by atoms with Gasteiger partial charge < -0.3 is 0 Å². The normalized spacial score (nSPS) is 11.2. The fraction of sp³-hybridized carbons (Fsp3) is 0.407. The Bertz CT molecular complexity index is 885. The van der Waals surface area contributed by atoms with E-state index in [1.165, 1.54) is 22.3 Å². The van der Waals surface area contributed by atoms with E-state index < -0.39 is 0 Å². The molecule has 0 aliphatic carbocycles. The maximum Gasteiger partial charge on any atom is 0.132 e. The van der Waals surface area contributed by atoms with Gasteiger partial charge in [-0.05, 0) is 84.5 Å². The van der Waals surface area contributed by atoms with Crippen molar-refractivity contribution in [2.45, 2.75) is 73.1 Å². The molecule has 3 heteroatoms. The molecule has 0 bridgehead atoms. The van der Waals surface area contributed by atoms with Crippen LogP contribution < -0.4 is 0 Å². The van der Waals surface area contributed by atoms with Gasteiger partial charge in [0.1, 0.15) is 5.71 Å². The quantitative estimate of drug-likeness (QED) is 0.211. The van der Waals surface area contributed by atoms with Gasteiger partial charge in [-0.1, -0.05) is 52.7 Å². The average Bonchev–Trinajstić information content (AvgIpc) is 2.76. The second-order valence-electron chi connectivity index (χ2n) is 7.24. The minimum atomic E-state index is 0. The van der Waals surface area contributed by atoms with Crippen LogP contribution in [0.25, 0.3) is 0 Å². The van der Waals surface area contributed by atoms with Crippen LogP contribution in [0.5, 0.6) is 0 Å². The molecule has 0 radical (unpaired) electrons. The fourth-order valence-corrected chi connectivity index (χ4v) is 3.08. The summed E-state index contributed by atoms with van der Waals surface area (Å²) < 4.78 is 0. The molecule has 2 aromatic rings. The molecule has 0 heterocycles. The van der Waals surface area contributed by atoms with E-state index in [1.807, 2.05) is 6.21 Å². The van der Waals surface area contributed by atoms with Crippen LogP contribution in [0.2, 0.25) is 0 Å². The van der Waals surface area contributed by atoms with Gasteiger partial charge in [-0.15, -0.1) is 0 Å². The van der Waals surface area contributed by atoms with E-state index in [9.17, 15) is 0 Å². The van der Waals surface area contributed by atoms with Crippen LogP contribution >= 0.6 is 0 Å². The largest absolute Gasteiger partial charge is 0.254 e. The molecule has 0 N–H and O–H groups in total. The number of nitrogens with zero attached hydrogens (tertiary/aromatic N) is 2. The molecule has 0 fully saturated rings. The molecule has 0 saturated carbocycles. The molecular weight excluding hydrogens is 459 g/mol. The molecule has 0 aliphatic rings. The van der Waals surface area contributed by atoms with Crippen molar-refractivity contribution in [2.24, 2.45) is 9.98 Å². The molecule has 0 aromatic heterocycles. The first-order valence-electron chi connectivity index (χ1n) is 11.0. The SMILES string of the molecule is CCCC#CC(/C=N/c1cc(CC)cc(CC)c1)=N\c1cc(CC)cc(CC)c1.[Pd]. The predicted octanol–water partition coefficient (Wildman–Crippen LogP) is 7.21. The molecule has 0 saturated heterocycles. The van der Waals surface area contributed by atoms with Crippen LogP contribution in [-0.4, -0.2) is 11.9 Å². The van der Waals surface area contributed by atoms with Gasteiger partial charge in [-0.25, -0.2) is 4.99 Å². The Hall–Kier alpha value is -2.00. The second-order valence-corrected chi connectivity index (χ2v) is 7.24. The molecule has 162 valence electrons. The maximum atomic E-state index is 4.84. The summed E-state index contributed by atoms with van der Waals surface area (Å²) in [6, 6.07) is 13.1. The summed E-state index contributed by atoms with van der Waals surface area (Å²) in [5.41, 5.74) is 7.90. The van der Waals surface area contributed by atoms with Gasteiger partial charge in [0.05, 0.1) is 17.6 Å². The molecule has 0 aliphatic heterocycles. The third kappa shape index (κ3) is 8.40. The molecule has 0 spiro atoms. The summed E-state index contributed by atoms with van der Waals surface area (Å²) in [4.78, 5) is 9.57. The van der Waals surface area contributed by atoms with E-state index in [1.54, 1.807) is 0 Å². The Labute approximate surface area is 197 Å². The Morgan fingerprint density at radius 1 is 0.733 bits per heavy atom. The van der Waals surface area contributed by atoms with Gasteiger partial charge in [0.15, 0.2) is 0 Å². The van der Waals surface area contributed by atoms with E-state index in [0.29, 0.717) is 5.71 Å². The van der Waals surface area contributed by atoms with Crippen molar-refractivity contribution in [3.8, 4) is 11.8 Å². The number of hydrogen-bond donors (Lipinski definition) is 0. The van der Waals surface area contributed by atoms with Crippen LogP contribution in [0.4, 0.5) is 11.4 Å². The van der Waals surface area contributed by atoms with Crippen molar-refractivity contribution in [3.63, 3.8) is 0 Å². The van der Waals surface area contributed by atoms with Gasteiger partial charge in [-0.3, -0.25) is 4.99 Å². The van der Waals surface area contributed by atoms with Crippen LogP contribution in [0.1, 0.15) is 69.7 Å². The zero-order chi connectivity index (χ0) is 21.1. The van der Waals surface area contributed by atoms with E-state index in [2.05, 4.69) is 82.9 Å². The third-order valence-corrected chi connectivity index (χ3v) is 4.88. The van der Waals surface area contributed by atoms with Crippen molar-refractivity contribution in [2.75, 3.05) is 0 Å². The molecule has 0 amide bonds. The molecule has 0 unspecified atom stereocenters. The third-order valence-electron chi connectivity index (χ3n) is 4.88. The van der Waals surface area contributed by atoms with Crippen molar-refractivity contribution in [1.82, 2.24) is 0 Å². The standard InChI is InChI=1S/C27H34N2.Pd/c1-6-11-12-13-25(29-27-18-23(9-4)15-24(10-5)19-27)20-28-26-16-21(7-2)14-22(8-3)17-26;/h14-20H,6-11H2,1-5H3;/b28-20+,29-25+;. The minimum absolute atomic E-state index is 0. The van der Waals surface area contributed by atoms with Crippen molar-refractivity contribution >= 4 is 23.3 Å². The molecule has 2 nitrogen and oxygen atoms in total. The number of aliphatic imine (C=N–C) groups is 2. The molecule has 30 heavy (non-hydrogen) atoms. The second kappa shape index (κ2) is 14.1. The predicted molar refractivity (Wildman–Crippen MR) is 128 cm³/mol. The van der Waals surface area contributed by atoms with E-state index in [0.717, 1.165) is 49.9 Å². The summed E-state index contributed by atoms with van der Waals surface area (Å²) in [5.74, 6) is 6.44. The van der Waals surface area contributed by atoms with Gasteiger partial charge in [-0.2, -0.15) is 0 Å². The topological polar surface area (TPSA) is 24.7 Å². The van der Waals surface area contributed by atoms with Gasteiger partial charge in [0, 0.05) is 26.8 Å². The van der Waals surface area contributed by atoms with E-state index >= 15 is 0 Å². The van der Waals surface area contributed by atoms with Gasteiger partial charge in [0.25, 0.3) is 0 Å². The van der Waals surface area contributed by atoms with Crippen molar-refractivity contribution in [3.05, 3.63) is 58.7 Å². The fourth-order valence-electron chi connectivity index (χ4n) is 3.08. The average molecular weight is 493 g/mol. The zero-order valence-electron chi connectivity index (χ0n) is 19.0. The van der Waals surface area contributed by atoms with Gasteiger partial charge >= 0.3 is 0 Å². The monoisotopic (exact) mass is 492 g/mol. The first kappa shape index (κ1) is 26.0. The molecule has 2 rings (SSSR count). The summed E-state index contributed by atoms with van der Waals surface area (Å²) >= 11 is 0. The van der Waals surface area contributed by atoms with E-state index in [4.69, 9.17) is 9.98 Å². The van der Waals surface area contributed by atoms with Crippen molar-refractivity contribution < 1.29 is 20.4 Å².